The number of amides is 2. The van der Waals surface area contributed by atoms with E-state index in [1.54, 1.807) is 4.90 Å². The summed E-state index contributed by atoms with van der Waals surface area (Å²) in [6.45, 7) is 9.78. The van der Waals surface area contributed by atoms with Crippen LogP contribution in [0.3, 0.4) is 0 Å². The normalized spacial score (nSPS) is 19.1. The van der Waals surface area contributed by atoms with Gasteiger partial charge in [-0.25, -0.2) is 4.79 Å². The van der Waals surface area contributed by atoms with E-state index in [4.69, 9.17) is 0 Å². The third kappa shape index (κ3) is 4.11. The summed E-state index contributed by atoms with van der Waals surface area (Å²) in [7, 11) is 0. The molecule has 5 heteroatoms. The summed E-state index contributed by atoms with van der Waals surface area (Å²) in [5.41, 5.74) is -0.583. The number of carboxylic acid groups (broad SMARTS) is 1. The van der Waals surface area contributed by atoms with E-state index in [0.29, 0.717) is 38.9 Å². The first-order chi connectivity index (χ1) is 8.70. The lowest BCUT2D eigenvalue weighted by atomic mass is 9.76. The van der Waals surface area contributed by atoms with E-state index in [-0.39, 0.29) is 11.4 Å². The van der Waals surface area contributed by atoms with Gasteiger partial charge in [-0.05, 0) is 24.7 Å². The van der Waals surface area contributed by atoms with Gasteiger partial charge in [-0.2, -0.15) is 0 Å². The summed E-state index contributed by atoms with van der Waals surface area (Å²) < 4.78 is 0. The lowest BCUT2D eigenvalue weighted by Gasteiger charge is -2.38. The van der Waals surface area contributed by atoms with Crippen molar-refractivity contribution in [2.45, 2.75) is 47.0 Å². The molecule has 0 aromatic carbocycles. The summed E-state index contributed by atoms with van der Waals surface area (Å²) in [5.74, 6) is -0.732. The minimum atomic E-state index is -0.732. The Hall–Kier alpha value is -1.26. The number of carboxylic acids is 1. The van der Waals surface area contributed by atoms with Crippen molar-refractivity contribution in [1.29, 1.82) is 0 Å². The summed E-state index contributed by atoms with van der Waals surface area (Å²) in [4.78, 5) is 25.0. The number of hydrogen-bond acceptors (Lipinski definition) is 2. The molecule has 0 spiro atoms. The number of hydrogen-bond donors (Lipinski definition) is 2. The largest absolute Gasteiger partial charge is 0.481 e. The minimum Gasteiger partial charge on any atom is -0.481 e. The second-order valence-corrected chi connectivity index (χ2v) is 6.65. The van der Waals surface area contributed by atoms with Crippen LogP contribution in [0.4, 0.5) is 4.79 Å². The first kappa shape index (κ1) is 15.8. The van der Waals surface area contributed by atoms with Crippen LogP contribution in [-0.2, 0) is 4.79 Å². The molecule has 1 fully saturated rings. The first-order valence-corrected chi connectivity index (χ1v) is 6.96. The van der Waals surface area contributed by atoms with Crippen LogP contribution in [0.2, 0.25) is 0 Å². The van der Waals surface area contributed by atoms with Crippen molar-refractivity contribution >= 4 is 12.0 Å². The smallest absolute Gasteiger partial charge is 0.317 e. The molecule has 19 heavy (non-hydrogen) atoms. The van der Waals surface area contributed by atoms with E-state index in [0.717, 1.165) is 0 Å². The van der Waals surface area contributed by atoms with Gasteiger partial charge in [-0.1, -0.05) is 27.7 Å². The molecule has 0 radical (unpaired) electrons. The molecular weight excluding hydrogens is 244 g/mol. The Morgan fingerprint density at radius 2 is 1.79 bits per heavy atom. The Morgan fingerprint density at radius 3 is 2.16 bits per heavy atom. The molecule has 1 aliphatic rings. The van der Waals surface area contributed by atoms with Crippen LogP contribution in [0.1, 0.15) is 47.0 Å². The molecule has 5 nitrogen and oxygen atoms in total. The van der Waals surface area contributed by atoms with Crippen molar-refractivity contribution in [2.75, 3.05) is 19.6 Å². The van der Waals surface area contributed by atoms with Crippen LogP contribution in [0.15, 0.2) is 0 Å². The Kier molecular flexibility index (Phi) is 4.82. The van der Waals surface area contributed by atoms with Crippen LogP contribution in [0.5, 0.6) is 0 Å². The van der Waals surface area contributed by atoms with E-state index in [9.17, 15) is 14.7 Å². The number of urea groups is 1. The van der Waals surface area contributed by atoms with Crippen molar-refractivity contribution < 1.29 is 14.7 Å². The monoisotopic (exact) mass is 270 g/mol. The Bertz CT molecular complexity index is 339. The molecule has 0 atom stereocenters. The first-order valence-electron chi connectivity index (χ1n) is 6.96. The average molecular weight is 270 g/mol. The molecule has 1 heterocycles. The summed E-state index contributed by atoms with van der Waals surface area (Å²) in [5, 5.41) is 12.2. The van der Waals surface area contributed by atoms with Gasteiger partial charge in [-0.15, -0.1) is 0 Å². The fraction of sp³-hybridized carbons (Fsp3) is 0.857. The zero-order valence-electron chi connectivity index (χ0n) is 12.5. The lowest BCUT2D eigenvalue weighted by Crippen LogP contribution is -2.50. The number of carbonyl (C=O) groups excluding carboxylic acids is 1. The van der Waals surface area contributed by atoms with Crippen molar-refractivity contribution in [1.82, 2.24) is 10.2 Å². The number of piperidine rings is 1. The predicted molar refractivity (Wildman–Crippen MR) is 74.0 cm³/mol. The molecule has 1 saturated heterocycles. The quantitative estimate of drug-likeness (QED) is 0.827. The number of aliphatic carboxylic acids is 1. The lowest BCUT2D eigenvalue weighted by molar-refractivity contribution is -0.151. The number of nitrogens with one attached hydrogen (secondary N) is 1. The zero-order valence-corrected chi connectivity index (χ0v) is 12.5. The number of carbonyl (C=O) groups is 2. The van der Waals surface area contributed by atoms with Gasteiger partial charge in [0.05, 0.1) is 5.41 Å². The van der Waals surface area contributed by atoms with Crippen molar-refractivity contribution in [3.63, 3.8) is 0 Å². The minimum absolute atomic E-state index is 0.0552. The second kappa shape index (κ2) is 5.80. The molecule has 0 saturated carbocycles. The van der Waals surface area contributed by atoms with E-state index >= 15 is 0 Å². The zero-order chi connectivity index (χ0) is 14.7. The van der Waals surface area contributed by atoms with Crippen molar-refractivity contribution in [2.24, 2.45) is 10.8 Å². The predicted octanol–water partition coefficient (Wildman–Crippen LogP) is 2.32. The van der Waals surface area contributed by atoms with Crippen LogP contribution in [0.25, 0.3) is 0 Å². The van der Waals surface area contributed by atoms with Gasteiger partial charge in [-0.3, -0.25) is 4.79 Å². The summed E-state index contributed by atoms with van der Waals surface area (Å²) in [6.07, 6.45) is 1.71. The van der Waals surface area contributed by atoms with Crippen molar-refractivity contribution in [3.05, 3.63) is 0 Å². The molecular formula is C14H26N2O3. The van der Waals surface area contributed by atoms with Gasteiger partial charge in [0.25, 0.3) is 0 Å². The van der Waals surface area contributed by atoms with E-state index in [1.165, 1.54) is 0 Å². The van der Waals surface area contributed by atoms with Gasteiger partial charge in [0.1, 0.15) is 0 Å². The molecule has 2 amide bonds. The van der Waals surface area contributed by atoms with Gasteiger partial charge >= 0.3 is 12.0 Å². The van der Waals surface area contributed by atoms with Crippen LogP contribution >= 0.6 is 0 Å². The Balaban J connectivity index is 2.49. The number of nitrogens with zero attached hydrogens (tertiary/aromatic N) is 1. The van der Waals surface area contributed by atoms with Gasteiger partial charge in [0.15, 0.2) is 0 Å². The van der Waals surface area contributed by atoms with Crippen LogP contribution < -0.4 is 5.32 Å². The van der Waals surface area contributed by atoms with Crippen LogP contribution in [-0.4, -0.2) is 41.6 Å². The maximum Gasteiger partial charge on any atom is 0.317 e. The molecule has 0 aromatic rings. The third-order valence-corrected chi connectivity index (χ3v) is 3.91. The van der Waals surface area contributed by atoms with Crippen molar-refractivity contribution in [3.8, 4) is 0 Å². The highest BCUT2D eigenvalue weighted by molar-refractivity contribution is 5.77. The summed E-state index contributed by atoms with van der Waals surface area (Å²) >= 11 is 0. The highest BCUT2D eigenvalue weighted by Crippen LogP contribution is 2.35. The second-order valence-electron chi connectivity index (χ2n) is 6.65. The van der Waals surface area contributed by atoms with Gasteiger partial charge in [0, 0.05) is 19.6 Å². The Labute approximate surface area is 115 Å². The van der Waals surface area contributed by atoms with E-state index in [2.05, 4.69) is 26.1 Å². The standard InChI is InChI=1S/C14H26N2O3/c1-5-14(11(17)18)6-8-16(9-7-14)12(19)15-10-13(2,3)4/h5-10H2,1-4H3,(H,15,19)(H,17,18). The fourth-order valence-electron chi connectivity index (χ4n) is 2.31. The molecule has 110 valence electrons. The third-order valence-electron chi connectivity index (χ3n) is 3.91. The average Bonchev–Trinajstić information content (AvgIpc) is 2.35. The molecule has 0 aromatic heterocycles. The highest BCUT2D eigenvalue weighted by atomic mass is 16.4. The molecule has 1 aliphatic heterocycles. The van der Waals surface area contributed by atoms with E-state index < -0.39 is 11.4 Å². The van der Waals surface area contributed by atoms with E-state index in [1.807, 2.05) is 6.92 Å². The highest BCUT2D eigenvalue weighted by Gasteiger charge is 2.40. The molecule has 2 N–H and O–H groups in total. The van der Waals surface area contributed by atoms with Gasteiger partial charge < -0.3 is 15.3 Å². The number of rotatable bonds is 3. The Morgan fingerprint density at radius 1 is 1.26 bits per heavy atom. The molecule has 0 unspecified atom stereocenters. The SMILES string of the molecule is CCC1(C(=O)O)CCN(C(=O)NCC(C)(C)C)CC1. The fourth-order valence-corrected chi connectivity index (χ4v) is 2.31. The van der Waals surface area contributed by atoms with Gasteiger partial charge in [0.2, 0.25) is 0 Å². The van der Waals surface area contributed by atoms with Crippen LogP contribution in [0, 0.1) is 10.8 Å². The maximum absolute atomic E-state index is 12.0. The number of likely N-dealkylation sites (tertiary alicyclic amines) is 1. The molecule has 0 bridgehead atoms. The molecule has 1 rings (SSSR count). The molecule has 0 aliphatic carbocycles. The maximum atomic E-state index is 12.0. The topological polar surface area (TPSA) is 69.6 Å². The summed E-state index contributed by atoms with van der Waals surface area (Å²) in [6, 6.07) is -0.0787.